The summed E-state index contributed by atoms with van der Waals surface area (Å²) in [6.07, 6.45) is 0. The van der Waals surface area contributed by atoms with E-state index in [0.29, 0.717) is 10.0 Å². The second-order valence-corrected chi connectivity index (χ2v) is 5.54. The van der Waals surface area contributed by atoms with E-state index in [0.717, 1.165) is 20.1 Å². The first-order valence-electron chi connectivity index (χ1n) is 4.23. The molecule has 5 heteroatoms. The number of aryl methyl sites for hydroxylation is 1. The molecule has 0 fully saturated rings. The Morgan fingerprint density at radius 2 is 2.07 bits per heavy atom. The zero-order valence-corrected chi connectivity index (χ0v) is 10.9. The van der Waals surface area contributed by atoms with Gasteiger partial charge in [-0.1, -0.05) is 35.3 Å². The number of halogens is 2. The molecule has 15 heavy (non-hydrogen) atoms. The van der Waals surface area contributed by atoms with Gasteiger partial charge in [-0.05, 0) is 25.2 Å². The minimum absolute atomic E-state index is 0.563. The van der Waals surface area contributed by atoms with E-state index in [4.69, 9.17) is 35.4 Å². The molecule has 78 valence electrons. The lowest BCUT2D eigenvalue weighted by Crippen LogP contribution is -1.80. The summed E-state index contributed by atoms with van der Waals surface area (Å²) in [5.41, 5.74) is 1.95. The molecular weight excluding hydrogens is 269 g/mol. The van der Waals surface area contributed by atoms with Crippen molar-refractivity contribution in [3.63, 3.8) is 0 Å². The smallest absolute Gasteiger partial charge is 0.159 e. The third kappa shape index (κ3) is 2.11. The average Bonchev–Trinajstić information content (AvgIpc) is 2.50. The number of benzene rings is 1. The molecule has 1 nitrogen and oxygen atoms in total. The standard InChI is InChI=1S/C10H7Cl2NS2/c1-5-9(15-10(14)13-5)6-3-2-4-7(11)8(6)12/h2-4H,1H3,(H,13,14). The van der Waals surface area contributed by atoms with Crippen LogP contribution in [0, 0.1) is 10.9 Å². The van der Waals surface area contributed by atoms with Gasteiger partial charge >= 0.3 is 0 Å². The number of aromatic nitrogens is 1. The van der Waals surface area contributed by atoms with Crippen molar-refractivity contribution < 1.29 is 0 Å². The van der Waals surface area contributed by atoms with Crippen molar-refractivity contribution in [3.05, 3.63) is 37.9 Å². The highest BCUT2D eigenvalue weighted by Crippen LogP contribution is 2.37. The summed E-state index contributed by atoms with van der Waals surface area (Å²) in [7, 11) is 0. The summed E-state index contributed by atoms with van der Waals surface area (Å²) in [6.45, 7) is 1.97. The maximum Gasteiger partial charge on any atom is 0.159 e. The van der Waals surface area contributed by atoms with Crippen molar-refractivity contribution in [1.82, 2.24) is 4.98 Å². The normalized spacial score (nSPS) is 10.6. The molecule has 1 N–H and O–H groups in total. The molecular formula is C10H7Cl2NS2. The molecule has 0 aliphatic rings. The van der Waals surface area contributed by atoms with E-state index in [1.165, 1.54) is 11.3 Å². The number of aromatic amines is 1. The third-order valence-corrected chi connectivity index (χ3v) is 4.21. The highest BCUT2D eigenvalue weighted by molar-refractivity contribution is 7.73. The van der Waals surface area contributed by atoms with Crippen molar-refractivity contribution in [1.29, 1.82) is 0 Å². The molecule has 0 unspecified atom stereocenters. The zero-order valence-electron chi connectivity index (χ0n) is 7.80. The van der Waals surface area contributed by atoms with Gasteiger partial charge in [0.25, 0.3) is 0 Å². The van der Waals surface area contributed by atoms with Crippen LogP contribution in [0.15, 0.2) is 18.2 Å². The quantitative estimate of drug-likeness (QED) is 0.717. The van der Waals surface area contributed by atoms with E-state index in [9.17, 15) is 0 Å². The summed E-state index contributed by atoms with van der Waals surface area (Å²) in [4.78, 5) is 4.13. The largest absolute Gasteiger partial charge is 0.341 e. The molecule has 0 spiro atoms. The van der Waals surface area contributed by atoms with Crippen molar-refractivity contribution in [2.45, 2.75) is 6.92 Å². The number of thiazole rings is 1. The fourth-order valence-electron chi connectivity index (χ4n) is 1.34. The van der Waals surface area contributed by atoms with Gasteiger partial charge in [0.15, 0.2) is 3.95 Å². The topological polar surface area (TPSA) is 15.8 Å². The Morgan fingerprint density at radius 1 is 1.33 bits per heavy atom. The molecule has 0 saturated carbocycles. The highest BCUT2D eigenvalue weighted by atomic mass is 35.5. The van der Waals surface area contributed by atoms with Crippen LogP contribution < -0.4 is 0 Å². The van der Waals surface area contributed by atoms with Crippen LogP contribution >= 0.6 is 46.8 Å². The summed E-state index contributed by atoms with van der Waals surface area (Å²) in [5, 5.41) is 1.14. The molecule has 0 amide bonds. The maximum absolute atomic E-state index is 6.14. The van der Waals surface area contributed by atoms with E-state index in [2.05, 4.69) is 4.98 Å². The van der Waals surface area contributed by atoms with Crippen LogP contribution in [0.1, 0.15) is 5.69 Å². The van der Waals surface area contributed by atoms with Crippen LogP contribution in [0.25, 0.3) is 10.4 Å². The van der Waals surface area contributed by atoms with Gasteiger partial charge in [-0.25, -0.2) is 0 Å². The first-order valence-corrected chi connectivity index (χ1v) is 6.22. The highest BCUT2D eigenvalue weighted by Gasteiger charge is 2.11. The minimum atomic E-state index is 0.563. The predicted molar refractivity (Wildman–Crippen MR) is 69.7 cm³/mol. The number of hydrogen-bond acceptors (Lipinski definition) is 2. The van der Waals surface area contributed by atoms with E-state index < -0.39 is 0 Å². The molecule has 2 rings (SSSR count). The number of rotatable bonds is 1. The van der Waals surface area contributed by atoms with Crippen LogP contribution in [0.5, 0.6) is 0 Å². The Labute approximate surface area is 107 Å². The van der Waals surface area contributed by atoms with E-state index >= 15 is 0 Å². The summed E-state index contributed by atoms with van der Waals surface area (Å²) < 4.78 is 0.749. The fraction of sp³-hybridized carbons (Fsp3) is 0.100. The molecule has 1 aromatic carbocycles. The minimum Gasteiger partial charge on any atom is -0.341 e. The third-order valence-electron chi connectivity index (χ3n) is 2.02. The van der Waals surface area contributed by atoms with Crippen LogP contribution in [0.3, 0.4) is 0 Å². The molecule has 2 aromatic rings. The van der Waals surface area contributed by atoms with Crippen LogP contribution in [-0.4, -0.2) is 4.98 Å². The molecule has 1 heterocycles. The number of nitrogens with one attached hydrogen (secondary N) is 1. The average molecular weight is 276 g/mol. The number of H-pyrrole nitrogens is 1. The molecule has 0 saturated heterocycles. The predicted octanol–water partition coefficient (Wildman–Crippen LogP) is 5.09. The Hall–Kier alpha value is -0.350. The van der Waals surface area contributed by atoms with E-state index in [1.54, 1.807) is 6.07 Å². The Kier molecular flexibility index (Phi) is 3.16. The lowest BCUT2D eigenvalue weighted by atomic mass is 10.1. The fourth-order valence-corrected chi connectivity index (χ4v) is 3.07. The van der Waals surface area contributed by atoms with Crippen molar-refractivity contribution in [2.75, 3.05) is 0 Å². The summed E-state index contributed by atoms with van der Waals surface area (Å²) in [6, 6.07) is 5.59. The van der Waals surface area contributed by atoms with Gasteiger partial charge in [-0.2, -0.15) is 0 Å². The second-order valence-electron chi connectivity index (χ2n) is 3.07. The molecule has 0 radical (unpaired) electrons. The van der Waals surface area contributed by atoms with Crippen LogP contribution in [0.2, 0.25) is 10.0 Å². The summed E-state index contributed by atoms with van der Waals surface area (Å²) in [5.74, 6) is 0. The Balaban J connectivity index is 2.69. The van der Waals surface area contributed by atoms with Gasteiger partial charge in [0.1, 0.15) is 0 Å². The van der Waals surface area contributed by atoms with E-state index in [-0.39, 0.29) is 0 Å². The molecule has 0 atom stereocenters. The Bertz CT molecular complexity index is 557. The first-order chi connectivity index (χ1) is 7.09. The van der Waals surface area contributed by atoms with Gasteiger partial charge < -0.3 is 4.98 Å². The van der Waals surface area contributed by atoms with Crippen LogP contribution in [-0.2, 0) is 0 Å². The summed E-state index contributed by atoms with van der Waals surface area (Å²) >= 11 is 18.7. The first kappa shape index (κ1) is 11.1. The molecule has 0 bridgehead atoms. The van der Waals surface area contributed by atoms with Gasteiger partial charge in [-0.3, -0.25) is 0 Å². The molecule has 1 aromatic heterocycles. The molecule has 0 aliphatic carbocycles. The van der Waals surface area contributed by atoms with Crippen molar-refractivity contribution in [2.24, 2.45) is 0 Å². The van der Waals surface area contributed by atoms with Crippen molar-refractivity contribution >= 4 is 46.8 Å². The molecule has 0 aliphatic heterocycles. The Morgan fingerprint density at radius 3 is 2.67 bits per heavy atom. The SMILES string of the molecule is Cc1[nH]c(=S)sc1-c1cccc(Cl)c1Cl. The van der Waals surface area contributed by atoms with Gasteiger partial charge in [0.2, 0.25) is 0 Å². The monoisotopic (exact) mass is 275 g/mol. The lowest BCUT2D eigenvalue weighted by Gasteiger charge is -2.03. The van der Waals surface area contributed by atoms with Crippen LogP contribution in [0.4, 0.5) is 0 Å². The van der Waals surface area contributed by atoms with Gasteiger partial charge in [0, 0.05) is 11.3 Å². The van der Waals surface area contributed by atoms with Crippen molar-refractivity contribution in [3.8, 4) is 10.4 Å². The van der Waals surface area contributed by atoms with Gasteiger partial charge in [-0.15, -0.1) is 11.3 Å². The second kappa shape index (κ2) is 4.26. The number of hydrogen-bond donors (Lipinski definition) is 1. The maximum atomic E-state index is 6.14. The van der Waals surface area contributed by atoms with E-state index in [1.807, 2.05) is 19.1 Å². The van der Waals surface area contributed by atoms with Gasteiger partial charge in [0.05, 0.1) is 14.9 Å². The zero-order chi connectivity index (χ0) is 11.0. The lowest BCUT2D eigenvalue weighted by molar-refractivity contribution is 1.25.